The Hall–Kier alpha value is -1.88. The molecule has 0 aromatic heterocycles. The monoisotopic (exact) mass is 330 g/mol. The molecule has 2 atom stereocenters. The maximum atomic E-state index is 13.0. The van der Waals surface area contributed by atoms with E-state index in [4.69, 9.17) is 4.74 Å². The number of piperazine rings is 1. The molecule has 1 aliphatic heterocycles. The molecule has 5 heteroatoms. The highest BCUT2D eigenvalue weighted by Gasteiger charge is 2.37. The number of benzene rings is 1. The third-order valence-electron chi connectivity index (χ3n) is 5.18. The largest absolute Gasteiger partial charge is 0.466 e. The molecule has 1 amide bonds. The number of rotatable bonds is 3. The number of hydrogen-bond acceptors (Lipinski definition) is 4. The molecule has 0 bridgehead atoms. The second-order valence-electron chi connectivity index (χ2n) is 6.69. The summed E-state index contributed by atoms with van der Waals surface area (Å²) in [5.41, 5.74) is 1.97. The molecule has 1 aromatic rings. The van der Waals surface area contributed by atoms with Crippen LogP contribution < -0.4 is 0 Å². The summed E-state index contributed by atoms with van der Waals surface area (Å²) in [5.74, 6) is -0.332. The third-order valence-corrected chi connectivity index (χ3v) is 5.18. The minimum atomic E-state index is -0.238. The van der Waals surface area contributed by atoms with E-state index < -0.39 is 0 Å². The van der Waals surface area contributed by atoms with Gasteiger partial charge >= 0.3 is 5.97 Å². The van der Waals surface area contributed by atoms with Crippen LogP contribution in [0, 0.1) is 0 Å². The average molecular weight is 330 g/mol. The fourth-order valence-corrected chi connectivity index (χ4v) is 3.78. The molecule has 0 saturated carbocycles. The van der Waals surface area contributed by atoms with Crippen LogP contribution in [0.15, 0.2) is 24.3 Å². The molecule has 0 unspecified atom stereocenters. The first-order valence-corrected chi connectivity index (χ1v) is 8.84. The molecule has 1 aliphatic carbocycles. The van der Waals surface area contributed by atoms with Gasteiger partial charge in [0.15, 0.2) is 0 Å². The Bertz CT molecular complexity index is 608. The van der Waals surface area contributed by atoms with Gasteiger partial charge < -0.3 is 14.5 Å². The van der Waals surface area contributed by atoms with Crippen molar-refractivity contribution < 1.29 is 14.3 Å². The van der Waals surface area contributed by atoms with Crippen molar-refractivity contribution in [3.63, 3.8) is 0 Å². The molecule has 0 spiro atoms. The molecule has 1 saturated heterocycles. The van der Waals surface area contributed by atoms with Crippen molar-refractivity contribution in [2.24, 2.45) is 0 Å². The first-order chi connectivity index (χ1) is 11.6. The average Bonchev–Trinajstić information content (AvgIpc) is 2.61. The van der Waals surface area contributed by atoms with E-state index in [-0.39, 0.29) is 23.7 Å². The van der Waals surface area contributed by atoms with Gasteiger partial charge in [-0.15, -0.1) is 0 Å². The van der Waals surface area contributed by atoms with Crippen LogP contribution in [0.3, 0.4) is 0 Å². The standard InChI is InChI=1S/C19H26N2O3/c1-3-24-19(23)17-9-8-16(14-6-4-5-7-15(14)17)18(22)21-12-10-20(2)11-13-21/h4-7,16-17H,3,8-13H2,1-2H3/t16-,17-/m1/s1. The quantitative estimate of drug-likeness (QED) is 0.795. The van der Waals surface area contributed by atoms with Gasteiger partial charge in [-0.05, 0) is 37.9 Å². The molecule has 5 nitrogen and oxygen atoms in total. The highest BCUT2D eigenvalue weighted by molar-refractivity contribution is 5.87. The molecule has 2 aliphatic rings. The lowest BCUT2D eigenvalue weighted by atomic mass is 9.76. The number of fused-ring (bicyclic) bond motifs is 1. The van der Waals surface area contributed by atoms with E-state index in [0.717, 1.165) is 37.3 Å². The summed E-state index contributed by atoms with van der Waals surface area (Å²) in [4.78, 5) is 29.5. The molecule has 1 aromatic carbocycles. The topological polar surface area (TPSA) is 49.9 Å². The van der Waals surface area contributed by atoms with E-state index in [1.165, 1.54) is 0 Å². The first kappa shape index (κ1) is 17.0. The molecule has 3 rings (SSSR count). The Balaban J connectivity index is 1.81. The minimum absolute atomic E-state index is 0.129. The number of carbonyl (C=O) groups excluding carboxylic acids is 2. The van der Waals surface area contributed by atoms with Gasteiger partial charge in [0.05, 0.1) is 18.4 Å². The highest BCUT2D eigenvalue weighted by Crippen LogP contribution is 2.40. The van der Waals surface area contributed by atoms with Gasteiger partial charge in [-0.3, -0.25) is 9.59 Å². The Morgan fingerprint density at radius 3 is 2.25 bits per heavy atom. The summed E-state index contributed by atoms with van der Waals surface area (Å²) in [5, 5.41) is 0. The SMILES string of the molecule is CCOC(=O)[C@@H]1CC[C@@H](C(=O)N2CCN(C)CC2)c2ccccc21. The molecule has 130 valence electrons. The van der Waals surface area contributed by atoms with Crippen molar-refractivity contribution >= 4 is 11.9 Å². The number of ether oxygens (including phenoxy) is 1. The van der Waals surface area contributed by atoms with Gasteiger partial charge in [0.1, 0.15) is 0 Å². The van der Waals surface area contributed by atoms with Crippen LogP contribution in [0.1, 0.15) is 42.7 Å². The predicted molar refractivity (Wildman–Crippen MR) is 91.9 cm³/mol. The zero-order valence-corrected chi connectivity index (χ0v) is 14.5. The van der Waals surface area contributed by atoms with E-state index >= 15 is 0 Å². The minimum Gasteiger partial charge on any atom is -0.466 e. The second kappa shape index (κ2) is 7.34. The highest BCUT2D eigenvalue weighted by atomic mass is 16.5. The molecule has 1 heterocycles. The fraction of sp³-hybridized carbons (Fsp3) is 0.579. The van der Waals surface area contributed by atoms with E-state index in [0.29, 0.717) is 19.4 Å². The molecular formula is C19H26N2O3. The van der Waals surface area contributed by atoms with Crippen molar-refractivity contribution in [2.75, 3.05) is 39.8 Å². The first-order valence-electron chi connectivity index (χ1n) is 8.84. The van der Waals surface area contributed by atoms with Gasteiger partial charge in [-0.25, -0.2) is 0 Å². The molecule has 1 fully saturated rings. The van der Waals surface area contributed by atoms with E-state index in [1.54, 1.807) is 0 Å². The van der Waals surface area contributed by atoms with Crippen LogP contribution >= 0.6 is 0 Å². The van der Waals surface area contributed by atoms with Crippen molar-refractivity contribution in [3.8, 4) is 0 Å². The van der Waals surface area contributed by atoms with Crippen LogP contribution in [-0.2, 0) is 14.3 Å². The lowest BCUT2D eigenvalue weighted by molar-refractivity contribution is -0.146. The zero-order chi connectivity index (χ0) is 17.1. The number of nitrogens with zero attached hydrogens (tertiary/aromatic N) is 2. The van der Waals surface area contributed by atoms with Crippen LogP contribution in [0.2, 0.25) is 0 Å². The van der Waals surface area contributed by atoms with Gasteiger partial charge in [0, 0.05) is 26.2 Å². The Kier molecular flexibility index (Phi) is 5.19. The van der Waals surface area contributed by atoms with Gasteiger partial charge in [0.2, 0.25) is 5.91 Å². The van der Waals surface area contributed by atoms with Gasteiger partial charge in [-0.1, -0.05) is 24.3 Å². The lowest BCUT2D eigenvalue weighted by Gasteiger charge is -2.37. The molecule has 0 N–H and O–H groups in total. The van der Waals surface area contributed by atoms with Gasteiger partial charge in [0.25, 0.3) is 0 Å². The maximum absolute atomic E-state index is 13.0. The van der Waals surface area contributed by atoms with Crippen LogP contribution in [-0.4, -0.2) is 61.5 Å². The summed E-state index contributed by atoms with van der Waals surface area (Å²) >= 11 is 0. The number of amides is 1. The second-order valence-corrected chi connectivity index (χ2v) is 6.69. The Labute approximate surface area is 143 Å². The van der Waals surface area contributed by atoms with E-state index in [1.807, 2.05) is 36.1 Å². The predicted octanol–water partition coefficient (Wildman–Crippen LogP) is 1.98. The van der Waals surface area contributed by atoms with Gasteiger partial charge in [-0.2, -0.15) is 0 Å². The molecule has 0 radical (unpaired) electrons. The van der Waals surface area contributed by atoms with Crippen LogP contribution in [0.4, 0.5) is 0 Å². The number of esters is 1. The van der Waals surface area contributed by atoms with Crippen LogP contribution in [0.25, 0.3) is 0 Å². The smallest absolute Gasteiger partial charge is 0.313 e. The Morgan fingerprint density at radius 2 is 1.62 bits per heavy atom. The zero-order valence-electron chi connectivity index (χ0n) is 14.5. The summed E-state index contributed by atoms with van der Waals surface area (Å²) in [6.07, 6.45) is 1.39. The van der Waals surface area contributed by atoms with Crippen molar-refractivity contribution in [1.29, 1.82) is 0 Å². The van der Waals surface area contributed by atoms with E-state index in [2.05, 4.69) is 11.9 Å². The maximum Gasteiger partial charge on any atom is 0.313 e. The Morgan fingerprint density at radius 1 is 1.04 bits per heavy atom. The number of carbonyl (C=O) groups is 2. The fourth-order valence-electron chi connectivity index (χ4n) is 3.78. The summed E-state index contributed by atoms with van der Waals surface area (Å²) < 4.78 is 5.22. The summed E-state index contributed by atoms with van der Waals surface area (Å²) in [6.45, 7) is 5.63. The number of hydrogen-bond donors (Lipinski definition) is 0. The summed E-state index contributed by atoms with van der Waals surface area (Å²) in [6, 6.07) is 7.87. The van der Waals surface area contributed by atoms with Crippen molar-refractivity contribution in [2.45, 2.75) is 31.6 Å². The van der Waals surface area contributed by atoms with Crippen LogP contribution in [0.5, 0.6) is 0 Å². The van der Waals surface area contributed by atoms with Crippen molar-refractivity contribution in [3.05, 3.63) is 35.4 Å². The lowest BCUT2D eigenvalue weighted by Crippen LogP contribution is -2.49. The van der Waals surface area contributed by atoms with E-state index in [9.17, 15) is 9.59 Å². The third kappa shape index (κ3) is 3.31. The summed E-state index contributed by atoms with van der Waals surface area (Å²) in [7, 11) is 2.08. The molecule has 24 heavy (non-hydrogen) atoms. The van der Waals surface area contributed by atoms with Crippen molar-refractivity contribution in [1.82, 2.24) is 9.80 Å². The molecular weight excluding hydrogens is 304 g/mol. The number of likely N-dealkylation sites (N-methyl/N-ethyl adjacent to an activating group) is 1. The normalized spacial score (nSPS) is 24.3.